The molecule has 0 atom stereocenters. The molecule has 6 heteroatoms. The summed E-state index contributed by atoms with van der Waals surface area (Å²) >= 11 is 0. The summed E-state index contributed by atoms with van der Waals surface area (Å²) in [5.41, 5.74) is 10.1. The van der Waals surface area contributed by atoms with E-state index >= 15 is 0 Å². The molecule has 1 heterocycles. The second-order valence-electron chi connectivity index (χ2n) is 5.82. The van der Waals surface area contributed by atoms with E-state index in [4.69, 9.17) is 5.73 Å². The quantitative estimate of drug-likeness (QED) is 0.699. The Hall–Kier alpha value is -3.12. The Balaban J connectivity index is 1.94. The van der Waals surface area contributed by atoms with Crippen LogP contribution in [0.3, 0.4) is 0 Å². The SMILES string of the molecule is CNCc1ccc([N+](=O)c2nc(-c3ccc(C)cc3)cnc2N)cc1. The Morgan fingerprint density at radius 3 is 2.40 bits per heavy atom. The number of rotatable bonds is 5. The fourth-order valence-electron chi connectivity index (χ4n) is 2.48. The first-order valence-electron chi connectivity index (χ1n) is 7.99. The monoisotopic (exact) mass is 334 g/mol. The van der Waals surface area contributed by atoms with Gasteiger partial charge in [0.1, 0.15) is 0 Å². The summed E-state index contributed by atoms with van der Waals surface area (Å²) in [5, 5.41) is 3.07. The summed E-state index contributed by atoms with van der Waals surface area (Å²) in [5.74, 6) is 0.199. The summed E-state index contributed by atoms with van der Waals surface area (Å²) in [6.45, 7) is 2.75. The molecule has 0 radical (unpaired) electrons. The van der Waals surface area contributed by atoms with Crippen LogP contribution in [0.15, 0.2) is 54.7 Å². The first kappa shape index (κ1) is 16.7. The van der Waals surface area contributed by atoms with Gasteiger partial charge in [-0.2, -0.15) is 0 Å². The standard InChI is InChI=1S/C19H20N5O/c1-13-3-7-15(8-4-13)17-12-22-18(20)19(23-17)24(25)16-9-5-14(6-10-16)11-21-2/h3-10,12,21H,11H2,1-2H3,(H2,20,22)/q+1. The summed E-state index contributed by atoms with van der Waals surface area (Å²) in [6.07, 6.45) is 1.58. The molecule has 1 aromatic heterocycles. The summed E-state index contributed by atoms with van der Waals surface area (Å²) in [7, 11) is 1.88. The van der Waals surface area contributed by atoms with Gasteiger partial charge < -0.3 is 11.1 Å². The number of benzene rings is 2. The van der Waals surface area contributed by atoms with Crippen LogP contribution in [-0.2, 0) is 6.54 Å². The van der Waals surface area contributed by atoms with Crippen LogP contribution in [-0.4, -0.2) is 17.0 Å². The maximum atomic E-state index is 12.7. The number of nitrogens with one attached hydrogen (secondary N) is 1. The molecule has 0 saturated heterocycles. The molecule has 25 heavy (non-hydrogen) atoms. The van der Waals surface area contributed by atoms with Gasteiger partial charge in [0.15, 0.2) is 5.69 Å². The molecule has 0 saturated carbocycles. The van der Waals surface area contributed by atoms with Crippen LogP contribution in [0.1, 0.15) is 11.1 Å². The van der Waals surface area contributed by atoms with E-state index in [0.29, 0.717) is 16.1 Å². The maximum Gasteiger partial charge on any atom is 0.410 e. The van der Waals surface area contributed by atoms with Gasteiger partial charge in [0.2, 0.25) is 11.5 Å². The zero-order valence-corrected chi connectivity index (χ0v) is 14.2. The van der Waals surface area contributed by atoms with Crippen molar-refractivity contribution in [2.45, 2.75) is 13.5 Å². The number of aryl methyl sites for hydroxylation is 1. The first-order valence-corrected chi connectivity index (χ1v) is 7.99. The van der Waals surface area contributed by atoms with Gasteiger partial charge in [0.05, 0.1) is 6.20 Å². The predicted octanol–water partition coefficient (Wildman–Crippen LogP) is 3.35. The lowest BCUT2D eigenvalue weighted by Crippen LogP contribution is -2.08. The normalized spacial score (nSPS) is 10.6. The number of hydrogen-bond acceptors (Lipinski definition) is 5. The van der Waals surface area contributed by atoms with Gasteiger partial charge in [-0.15, -0.1) is 0 Å². The van der Waals surface area contributed by atoms with Crippen molar-refractivity contribution in [1.82, 2.24) is 20.0 Å². The fraction of sp³-hybridized carbons (Fsp3) is 0.158. The van der Waals surface area contributed by atoms with Gasteiger partial charge in [-0.05, 0) is 36.7 Å². The number of nitrogen functional groups attached to an aromatic ring is 1. The third-order valence-corrected chi connectivity index (χ3v) is 3.87. The van der Waals surface area contributed by atoms with E-state index in [-0.39, 0.29) is 11.6 Å². The van der Waals surface area contributed by atoms with Crippen LogP contribution in [0.25, 0.3) is 11.3 Å². The highest BCUT2D eigenvalue weighted by Crippen LogP contribution is 2.26. The van der Waals surface area contributed by atoms with Gasteiger partial charge in [0, 0.05) is 16.9 Å². The maximum absolute atomic E-state index is 12.7. The van der Waals surface area contributed by atoms with Crippen LogP contribution in [0.5, 0.6) is 0 Å². The number of nitrogens with two attached hydrogens (primary N) is 1. The molecule has 0 aliphatic heterocycles. The van der Waals surface area contributed by atoms with Crippen molar-refractivity contribution in [3.05, 3.63) is 70.8 Å². The molecule has 0 amide bonds. The molecule has 6 nitrogen and oxygen atoms in total. The van der Waals surface area contributed by atoms with E-state index in [0.717, 1.165) is 23.2 Å². The second kappa shape index (κ2) is 7.19. The second-order valence-corrected chi connectivity index (χ2v) is 5.82. The van der Waals surface area contributed by atoms with Gasteiger partial charge >= 0.3 is 5.82 Å². The molecule has 0 aliphatic carbocycles. The van der Waals surface area contributed by atoms with Gasteiger partial charge in [-0.25, -0.2) is 4.98 Å². The predicted molar refractivity (Wildman–Crippen MR) is 101 cm³/mol. The lowest BCUT2D eigenvalue weighted by Gasteiger charge is -2.02. The average molecular weight is 334 g/mol. The molecule has 0 bridgehead atoms. The number of hydrogen-bond donors (Lipinski definition) is 2. The molecule has 0 spiro atoms. The molecule has 2 aromatic carbocycles. The van der Waals surface area contributed by atoms with Crippen molar-refractivity contribution in [2.24, 2.45) is 0 Å². The molecule has 3 aromatic rings. The third-order valence-electron chi connectivity index (χ3n) is 3.87. The highest BCUT2D eigenvalue weighted by molar-refractivity contribution is 5.66. The lowest BCUT2D eigenvalue weighted by molar-refractivity contribution is 0.817. The number of anilines is 1. The zero-order valence-electron chi connectivity index (χ0n) is 14.2. The highest BCUT2D eigenvalue weighted by Gasteiger charge is 2.24. The Morgan fingerprint density at radius 2 is 1.76 bits per heavy atom. The Bertz CT molecular complexity index is 889. The number of aromatic nitrogens is 2. The van der Waals surface area contributed by atoms with Crippen molar-refractivity contribution in [1.29, 1.82) is 0 Å². The van der Waals surface area contributed by atoms with E-state index < -0.39 is 0 Å². The van der Waals surface area contributed by atoms with Crippen molar-refractivity contribution >= 4 is 17.3 Å². The van der Waals surface area contributed by atoms with Crippen LogP contribution >= 0.6 is 0 Å². The van der Waals surface area contributed by atoms with E-state index in [1.54, 1.807) is 18.3 Å². The summed E-state index contributed by atoms with van der Waals surface area (Å²) < 4.78 is 0.711. The largest absolute Gasteiger partial charge is 0.410 e. The third kappa shape index (κ3) is 3.70. The zero-order chi connectivity index (χ0) is 17.8. The Labute approximate surface area is 146 Å². The molecule has 3 rings (SSSR count). The van der Waals surface area contributed by atoms with Gasteiger partial charge in [-0.1, -0.05) is 46.9 Å². The Morgan fingerprint density at radius 1 is 1.08 bits per heavy atom. The summed E-state index contributed by atoms with van der Waals surface area (Å²) in [6, 6.07) is 15.2. The number of nitrogens with zero attached hydrogens (tertiary/aromatic N) is 3. The number of nitroso groups, excluding NO2 is 1. The van der Waals surface area contributed by atoms with E-state index in [2.05, 4.69) is 15.3 Å². The Kier molecular flexibility index (Phi) is 4.81. The van der Waals surface area contributed by atoms with Crippen LogP contribution in [0, 0.1) is 11.8 Å². The van der Waals surface area contributed by atoms with Crippen LogP contribution in [0.4, 0.5) is 17.3 Å². The molecule has 0 aliphatic rings. The van der Waals surface area contributed by atoms with Crippen molar-refractivity contribution in [3.63, 3.8) is 0 Å². The lowest BCUT2D eigenvalue weighted by atomic mass is 10.1. The van der Waals surface area contributed by atoms with Crippen molar-refractivity contribution < 1.29 is 0 Å². The molecule has 3 N–H and O–H groups in total. The molecular formula is C19H20N5O+. The average Bonchev–Trinajstić information content (AvgIpc) is 2.63. The van der Waals surface area contributed by atoms with E-state index in [1.807, 2.05) is 50.4 Å². The highest BCUT2D eigenvalue weighted by atomic mass is 16.3. The van der Waals surface area contributed by atoms with Gasteiger partial charge in [-0.3, -0.25) is 0 Å². The van der Waals surface area contributed by atoms with E-state index in [1.165, 1.54) is 0 Å². The molecule has 0 unspecified atom stereocenters. The molecular weight excluding hydrogens is 314 g/mol. The smallest absolute Gasteiger partial charge is 0.377 e. The first-order chi connectivity index (χ1) is 12.1. The van der Waals surface area contributed by atoms with E-state index in [9.17, 15) is 4.91 Å². The van der Waals surface area contributed by atoms with Crippen molar-refractivity contribution in [2.75, 3.05) is 12.8 Å². The van der Waals surface area contributed by atoms with Gasteiger partial charge in [0.25, 0.3) is 0 Å². The van der Waals surface area contributed by atoms with Crippen LogP contribution < -0.4 is 15.8 Å². The fourth-order valence-corrected chi connectivity index (χ4v) is 2.48. The molecule has 0 fully saturated rings. The van der Waals surface area contributed by atoms with Crippen LogP contribution in [0.2, 0.25) is 0 Å². The van der Waals surface area contributed by atoms with Crippen molar-refractivity contribution in [3.8, 4) is 11.3 Å². The summed E-state index contributed by atoms with van der Waals surface area (Å²) in [4.78, 5) is 21.2. The minimum absolute atomic E-state index is 0.0967. The minimum Gasteiger partial charge on any atom is -0.377 e. The minimum atomic E-state index is 0.0967. The molecule has 126 valence electrons. The topological polar surface area (TPSA) is 83.9 Å².